The molecule has 1 aliphatic heterocycles. The molecule has 1 aromatic carbocycles. The van der Waals surface area contributed by atoms with E-state index in [1.807, 2.05) is 6.92 Å². The number of carbonyl (C=O) groups excluding carboxylic acids is 1. The summed E-state index contributed by atoms with van der Waals surface area (Å²) in [5, 5.41) is 9.98. The van der Waals surface area contributed by atoms with E-state index in [9.17, 15) is 14.7 Å². The van der Waals surface area contributed by atoms with Crippen LogP contribution in [0.1, 0.15) is 38.7 Å². The van der Waals surface area contributed by atoms with Crippen molar-refractivity contribution >= 4 is 11.9 Å². The van der Waals surface area contributed by atoms with E-state index in [1.54, 1.807) is 50.1 Å². The van der Waals surface area contributed by atoms with E-state index in [-0.39, 0.29) is 18.8 Å². The maximum Gasteiger partial charge on any atom is 0.336 e. The highest BCUT2D eigenvalue weighted by Crippen LogP contribution is 2.42. The molecule has 0 aliphatic carbocycles. The van der Waals surface area contributed by atoms with Crippen LogP contribution in [-0.2, 0) is 23.8 Å². The van der Waals surface area contributed by atoms with Gasteiger partial charge < -0.3 is 29.0 Å². The number of ether oxygens (including phenoxy) is 4. The number of allylic oxidation sites excluding steroid dienone is 2. The molecule has 1 atom stereocenters. The van der Waals surface area contributed by atoms with E-state index >= 15 is 0 Å². The first-order chi connectivity index (χ1) is 15.3. The number of hydrogen-bond acceptors (Lipinski definition) is 7. The molecular formula is C24H33NO7. The second-order valence-corrected chi connectivity index (χ2v) is 7.39. The Morgan fingerprint density at radius 1 is 1.00 bits per heavy atom. The topological polar surface area (TPSA) is 94.5 Å². The van der Waals surface area contributed by atoms with Gasteiger partial charge in [0.2, 0.25) is 0 Å². The molecule has 1 aliphatic rings. The van der Waals surface area contributed by atoms with Crippen molar-refractivity contribution in [3.63, 3.8) is 0 Å². The third kappa shape index (κ3) is 6.11. The Morgan fingerprint density at radius 3 is 2.25 bits per heavy atom. The van der Waals surface area contributed by atoms with Crippen LogP contribution in [0.5, 0.6) is 5.75 Å². The highest BCUT2D eigenvalue weighted by atomic mass is 16.6. The number of benzene rings is 1. The molecule has 2 rings (SSSR count). The van der Waals surface area contributed by atoms with Gasteiger partial charge in [0.15, 0.2) is 0 Å². The van der Waals surface area contributed by atoms with Crippen LogP contribution >= 0.6 is 0 Å². The largest absolute Gasteiger partial charge is 0.494 e. The number of methoxy groups -OCH3 is 1. The third-order valence-electron chi connectivity index (χ3n) is 5.45. The fourth-order valence-corrected chi connectivity index (χ4v) is 3.60. The van der Waals surface area contributed by atoms with Crippen LogP contribution in [0.25, 0.3) is 0 Å². The van der Waals surface area contributed by atoms with Crippen molar-refractivity contribution in [3.8, 4) is 5.75 Å². The first-order valence-corrected chi connectivity index (χ1v) is 10.7. The standard InChI is InChI=1S/C24H33NO7/c1-6-30-12-7-13-31-19-10-8-18(9-11-19)22-20(23(26)27)16(2)25(4)17(3)21(22)24(28)32-15-14-29-5/h8-11,22H,6-7,12-15H2,1-5H3,(H,26,27). The van der Waals surface area contributed by atoms with Crippen LogP contribution in [0.3, 0.4) is 0 Å². The average molecular weight is 448 g/mol. The molecule has 0 saturated heterocycles. The molecular weight excluding hydrogens is 414 g/mol. The molecule has 1 aromatic rings. The van der Waals surface area contributed by atoms with Crippen molar-refractivity contribution in [1.82, 2.24) is 4.90 Å². The van der Waals surface area contributed by atoms with Gasteiger partial charge in [0.05, 0.1) is 30.3 Å². The minimum atomic E-state index is -1.08. The van der Waals surface area contributed by atoms with Gasteiger partial charge in [-0.2, -0.15) is 0 Å². The van der Waals surface area contributed by atoms with E-state index < -0.39 is 17.9 Å². The van der Waals surface area contributed by atoms with Gasteiger partial charge >= 0.3 is 11.9 Å². The van der Waals surface area contributed by atoms with Gasteiger partial charge in [0.25, 0.3) is 0 Å². The van der Waals surface area contributed by atoms with Crippen LogP contribution < -0.4 is 4.74 Å². The summed E-state index contributed by atoms with van der Waals surface area (Å²) < 4.78 is 21.4. The third-order valence-corrected chi connectivity index (χ3v) is 5.45. The Bertz CT molecular complexity index is 858. The normalized spacial score (nSPS) is 16.4. The molecule has 1 heterocycles. The van der Waals surface area contributed by atoms with Crippen LogP contribution in [0.4, 0.5) is 0 Å². The lowest BCUT2D eigenvalue weighted by Crippen LogP contribution is -2.33. The first kappa shape index (κ1) is 25.4. The number of rotatable bonds is 12. The lowest BCUT2D eigenvalue weighted by molar-refractivity contribution is -0.140. The van der Waals surface area contributed by atoms with Crippen molar-refractivity contribution in [2.75, 3.05) is 47.2 Å². The highest BCUT2D eigenvalue weighted by molar-refractivity contribution is 5.99. The van der Waals surface area contributed by atoms with Gasteiger partial charge in [-0.15, -0.1) is 0 Å². The molecule has 1 unspecified atom stereocenters. The second-order valence-electron chi connectivity index (χ2n) is 7.39. The van der Waals surface area contributed by atoms with Crippen molar-refractivity contribution in [3.05, 3.63) is 52.4 Å². The molecule has 1 N–H and O–H groups in total. The lowest BCUT2D eigenvalue weighted by atomic mass is 9.80. The SMILES string of the molecule is CCOCCCOc1ccc(C2C(C(=O)O)=C(C)N(C)C(C)=C2C(=O)OCCOC)cc1. The predicted octanol–water partition coefficient (Wildman–Crippen LogP) is 3.34. The van der Waals surface area contributed by atoms with Crippen molar-refractivity contribution in [2.45, 2.75) is 33.1 Å². The molecule has 8 nitrogen and oxygen atoms in total. The van der Waals surface area contributed by atoms with E-state index in [1.165, 1.54) is 7.11 Å². The summed E-state index contributed by atoms with van der Waals surface area (Å²) in [6.07, 6.45) is 0.773. The molecule has 0 bridgehead atoms. The minimum absolute atomic E-state index is 0.0855. The van der Waals surface area contributed by atoms with Crippen LogP contribution in [0.2, 0.25) is 0 Å². The Morgan fingerprint density at radius 2 is 1.66 bits per heavy atom. The van der Waals surface area contributed by atoms with Gasteiger partial charge in [-0.3, -0.25) is 0 Å². The summed E-state index contributed by atoms with van der Waals surface area (Å²) in [7, 11) is 3.26. The molecule has 0 fully saturated rings. The van der Waals surface area contributed by atoms with Gasteiger partial charge in [-0.25, -0.2) is 9.59 Å². The van der Waals surface area contributed by atoms with Crippen LogP contribution in [0, 0.1) is 0 Å². The number of carboxylic acid groups (broad SMARTS) is 1. The van der Waals surface area contributed by atoms with Gasteiger partial charge in [-0.1, -0.05) is 12.1 Å². The number of aliphatic carboxylic acids is 1. The number of carboxylic acids is 1. The summed E-state index contributed by atoms with van der Waals surface area (Å²) >= 11 is 0. The summed E-state index contributed by atoms with van der Waals surface area (Å²) in [5.41, 5.74) is 2.34. The summed E-state index contributed by atoms with van der Waals surface area (Å²) in [6.45, 7) is 7.64. The Labute approximate surface area is 189 Å². The Balaban J connectivity index is 2.34. The highest BCUT2D eigenvalue weighted by Gasteiger charge is 2.39. The summed E-state index contributed by atoms with van der Waals surface area (Å²) in [6, 6.07) is 7.15. The molecule has 8 heteroatoms. The number of nitrogens with zero attached hydrogens (tertiary/aromatic N) is 1. The fourth-order valence-electron chi connectivity index (χ4n) is 3.60. The van der Waals surface area contributed by atoms with E-state index in [0.717, 1.165) is 6.42 Å². The molecule has 0 radical (unpaired) electrons. The van der Waals surface area contributed by atoms with E-state index in [0.29, 0.717) is 48.1 Å². The van der Waals surface area contributed by atoms with E-state index in [4.69, 9.17) is 18.9 Å². The first-order valence-electron chi connectivity index (χ1n) is 10.7. The number of hydrogen-bond donors (Lipinski definition) is 1. The zero-order valence-electron chi connectivity index (χ0n) is 19.5. The Hall–Kier alpha value is -2.84. The fraction of sp³-hybridized carbons (Fsp3) is 0.500. The van der Waals surface area contributed by atoms with Crippen LogP contribution in [-0.4, -0.2) is 69.1 Å². The van der Waals surface area contributed by atoms with Crippen molar-refractivity contribution in [1.29, 1.82) is 0 Å². The van der Waals surface area contributed by atoms with Crippen LogP contribution in [0.15, 0.2) is 46.8 Å². The van der Waals surface area contributed by atoms with Gasteiger partial charge in [0, 0.05) is 45.2 Å². The maximum atomic E-state index is 13.0. The molecule has 0 saturated carbocycles. The second kappa shape index (κ2) is 12.3. The molecule has 0 aromatic heterocycles. The Kier molecular flexibility index (Phi) is 9.74. The average Bonchev–Trinajstić information content (AvgIpc) is 2.77. The zero-order chi connectivity index (χ0) is 23.7. The zero-order valence-corrected chi connectivity index (χ0v) is 19.5. The maximum absolute atomic E-state index is 13.0. The van der Waals surface area contributed by atoms with Crippen molar-refractivity contribution in [2.24, 2.45) is 0 Å². The molecule has 0 spiro atoms. The minimum Gasteiger partial charge on any atom is -0.494 e. The summed E-state index contributed by atoms with van der Waals surface area (Å²) in [4.78, 5) is 26.9. The monoisotopic (exact) mass is 447 g/mol. The quantitative estimate of drug-likeness (QED) is 0.385. The van der Waals surface area contributed by atoms with Gasteiger partial charge in [0.1, 0.15) is 12.4 Å². The van der Waals surface area contributed by atoms with Gasteiger partial charge in [-0.05, 0) is 38.5 Å². The molecule has 0 amide bonds. The lowest BCUT2D eigenvalue weighted by Gasteiger charge is -2.35. The molecule has 32 heavy (non-hydrogen) atoms. The number of carbonyl (C=O) groups is 2. The smallest absolute Gasteiger partial charge is 0.336 e. The van der Waals surface area contributed by atoms with E-state index in [2.05, 4.69) is 0 Å². The summed E-state index contributed by atoms with van der Waals surface area (Å²) in [5.74, 6) is -1.73. The molecule has 176 valence electrons. The number of esters is 1. The predicted molar refractivity (Wildman–Crippen MR) is 119 cm³/mol. The van der Waals surface area contributed by atoms with Crippen molar-refractivity contribution < 1.29 is 33.6 Å².